The minimum Gasteiger partial charge on any atom is -0.382 e. The van der Waals surface area contributed by atoms with Gasteiger partial charge < -0.3 is 10.2 Å². The van der Waals surface area contributed by atoms with Gasteiger partial charge in [-0.2, -0.15) is 0 Å². The van der Waals surface area contributed by atoms with Gasteiger partial charge in [-0.1, -0.05) is 0 Å². The number of rotatable bonds is 2. The third kappa shape index (κ3) is 3.04. The lowest BCUT2D eigenvalue weighted by Crippen LogP contribution is -2.42. The molecule has 1 aromatic rings. The van der Waals surface area contributed by atoms with Crippen molar-refractivity contribution >= 4 is 21.6 Å². The molecule has 4 heteroatoms. The summed E-state index contributed by atoms with van der Waals surface area (Å²) in [7, 11) is 2.17. The average Bonchev–Trinajstić information content (AvgIpc) is 2.31. The number of nitrogens with one attached hydrogen (secondary N) is 1. The lowest BCUT2D eigenvalue weighted by molar-refractivity contribution is 0.190. The first-order valence-electron chi connectivity index (χ1n) is 6.40. The van der Waals surface area contributed by atoms with Crippen molar-refractivity contribution < 1.29 is 4.39 Å². The predicted octanol–water partition coefficient (Wildman–Crippen LogP) is 3.79. The second-order valence-electron chi connectivity index (χ2n) is 5.28. The first-order chi connectivity index (χ1) is 8.47. The molecule has 0 aromatic heterocycles. The van der Waals surface area contributed by atoms with Crippen LogP contribution in [-0.2, 0) is 0 Å². The topological polar surface area (TPSA) is 15.3 Å². The molecule has 0 amide bonds. The molecule has 1 aromatic carbocycles. The Labute approximate surface area is 117 Å². The van der Waals surface area contributed by atoms with Crippen LogP contribution in [0.4, 0.5) is 10.1 Å². The van der Waals surface area contributed by atoms with E-state index in [1.807, 2.05) is 13.0 Å². The van der Waals surface area contributed by atoms with E-state index in [1.165, 1.54) is 0 Å². The lowest BCUT2D eigenvalue weighted by Gasteiger charge is -2.36. The fraction of sp³-hybridized carbons (Fsp3) is 0.571. The summed E-state index contributed by atoms with van der Waals surface area (Å²) in [5.74, 6) is -0.199. The van der Waals surface area contributed by atoms with E-state index in [1.54, 1.807) is 6.07 Å². The van der Waals surface area contributed by atoms with Gasteiger partial charge >= 0.3 is 0 Å². The van der Waals surface area contributed by atoms with Gasteiger partial charge in [0.1, 0.15) is 5.82 Å². The second-order valence-corrected chi connectivity index (χ2v) is 6.13. The summed E-state index contributed by atoms with van der Waals surface area (Å²) < 4.78 is 13.9. The number of hydrogen-bond acceptors (Lipinski definition) is 2. The zero-order valence-electron chi connectivity index (χ0n) is 11.1. The molecule has 2 nitrogen and oxygen atoms in total. The largest absolute Gasteiger partial charge is 0.382 e. The van der Waals surface area contributed by atoms with Crippen LogP contribution in [0.2, 0.25) is 0 Å². The van der Waals surface area contributed by atoms with Crippen LogP contribution in [0.3, 0.4) is 0 Å². The summed E-state index contributed by atoms with van der Waals surface area (Å²) in [6.07, 6.45) is 2.26. The smallest absolute Gasteiger partial charge is 0.137 e. The summed E-state index contributed by atoms with van der Waals surface area (Å²) in [5, 5.41) is 3.54. The van der Waals surface area contributed by atoms with Crippen molar-refractivity contribution in [2.24, 2.45) is 0 Å². The zero-order valence-corrected chi connectivity index (χ0v) is 12.7. The Kier molecular flexibility index (Phi) is 4.28. The normalized spacial score (nSPS) is 25.2. The number of halogens is 2. The average molecular weight is 315 g/mol. The van der Waals surface area contributed by atoms with Crippen LogP contribution in [0.1, 0.15) is 25.3 Å². The Morgan fingerprint density at radius 1 is 1.44 bits per heavy atom. The van der Waals surface area contributed by atoms with Crippen LogP contribution in [0.15, 0.2) is 16.6 Å². The number of benzene rings is 1. The van der Waals surface area contributed by atoms with Crippen LogP contribution >= 0.6 is 15.9 Å². The van der Waals surface area contributed by atoms with Crippen LogP contribution in [0, 0.1) is 12.7 Å². The predicted molar refractivity (Wildman–Crippen MR) is 77.6 cm³/mol. The highest BCUT2D eigenvalue weighted by molar-refractivity contribution is 9.10. The van der Waals surface area contributed by atoms with Crippen molar-refractivity contribution in [1.29, 1.82) is 0 Å². The molecule has 1 fully saturated rings. The Morgan fingerprint density at radius 3 is 2.83 bits per heavy atom. The minimum atomic E-state index is -0.199. The molecule has 100 valence electrons. The number of hydrogen-bond donors (Lipinski definition) is 1. The standard InChI is InChI=1S/C14H20BrFN2/c1-9-6-13(16)12(15)8-14(9)17-11-4-5-18(3)10(2)7-11/h6,8,10-11,17H,4-5,7H2,1-3H3. The summed E-state index contributed by atoms with van der Waals surface area (Å²) in [5.41, 5.74) is 1.99. The van der Waals surface area contributed by atoms with Gasteiger partial charge in [0.05, 0.1) is 4.47 Å². The first-order valence-corrected chi connectivity index (χ1v) is 7.19. The van der Waals surface area contributed by atoms with E-state index in [0.717, 1.165) is 30.6 Å². The highest BCUT2D eigenvalue weighted by atomic mass is 79.9. The molecule has 2 unspecified atom stereocenters. The molecular formula is C14H20BrFN2. The number of nitrogens with zero attached hydrogens (tertiary/aromatic N) is 1. The van der Waals surface area contributed by atoms with Gasteiger partial charge in [-0.15, -0.1) is 0 Å². The highest BCUT2D eigenvalue weighted by Crippen LogP contribution is 2.27. The van der Waals surface area contributed by atoms with Crippen LogP contribution < -0.4 is 5.32 Å². The molecule has 2 rings (SSSR count). The minimum absolute atomic E-state index is 0.199. The third-order valence-corrected chi connectivity index (χ3v) is 4.44. The van der Waals surface area contributed by atoms with Gasteiger partial charge in [0, 0.05) is 24.3 Å². The molecule has 0 aliphatic carbocycles. The summed E-state index contributed by atoms with van der Waals surface area (Å²) in [4.78, 5) is 2.38. The third-order valence-electron chi connectivity index (χ3n) is 3.84. The van der Waals surface area contributed by atoms with Crippen molar-refractivity contribution in [2.45, 2.75) is 38.8 Å². The summed E-state index contributed by atoms with van der Waals surface area (Å²) in [6, 6.07) is 4.49. The summed E-state index contributed by atoms with van der Waals surface area (Å²) in [6.45, 7) is 5.30. The number of piperidine rings is 1. The van der Waals surface area contributed by atoms with E-state index in [9.17, 15) is 4.39 Å². The fourth-order valence-electron chi connectivity index (χ4n) is 2.44. The van der Waals surface area contributed by atoms with Gasteiger partial charge in [-0.3, -0.25) is 0 Å². The lowest BCUT2D eigenvalue weighted by atomic mass is 9.98. The SMILES string of the molecule is Cc1cc(F)c(Br)cc1NC1CCN(C)C(C)C1. The molecule has 1 aliphatic heterocycles. The van der Waals surface area contributed by atoms with Gasteiger partial charge in [0.25, 0.3) is 0 Å². The Bertz CT molecular complexity index is 436. The zero-order chi connectivity index (χ0) is 13.3. The van der Waals surface area contributed by atoms with Crippen molar-refractivity contribution in [3.05, 3.63) is 28.0 Å². The first kappa shape index (κ1) is 13.8. The van der Waals surface area contributed by atoms with Crippen molar-refractivity contribution in [3.8, 4) is 0 Å². The molecule has 1 aliphatic rings. The molecule has 0 bridgehead atoms. The number of likely N-dealkylation sites (tertiary alicyclic amines) is 1. The van der Waals surface area contributed by atoms with E-state index in [0.29, 0.717) is 16.6 Å². The number of anilines is 1. The maximum atomic E-state index is 13.4. The van der Waals surface area contributed by atoms with E-state index in [4.69, 9.17) is 0 Å². The number of aryl methyl sites for hydroxylation is 1. The van der Waals surface area contributed by atoms with Gasteiger partial charge in [-0.05, 0) is 67.4 Å². The molecule has 2 atom stereocenters. The maximum absolute atomic E-state index is 13.4. The van der Waals surface area contributed by atoms with Crippen molar-refractivity contribution in [2.75, 3.05) is 18.9 Å². The van der Waals surface area contributed by atoms with E-state index in [2.05, 4.69) is 40.1 Å². The molecule has 0 saturated carbocycles. The molecule has 1 saturated heterocycles. The molecule has 1 N–H and O–H groups in total. The second kappa shape index (κ2) is 5.57. The van der Waals surface area contributed by atoms with Crippen molar-refractivity contribution in [3.63, 3.8) is 0 Å². The molecule has 1 heterocycles. The van der Waals surface area contributed by atoms with Crippen LogP contribution in [0.25, 0.3) is 0 Å². The fourth-order valence-corrected chi connectivity index (χ4v) is 2.79. The van der Waals surface area contributed by atoms with Gasteiger partial charge in [-0.25, -0.2) is 4.39 Å². The van der Waals surface area contributed by atoms with E-state index >= 15 is 0 Å². The van der Waals surface area contributed by atoms with Crippen molar-refractivity contribution in [1.82, 2.24) is 4.90 Å². The monoisotopic (exact) mass is 314 g/mol. The maximum Gasteiger partial charge on any atom is 0.137 e. The Morgan fingerprint density at radius 2 is 2.17 bits per heavy atom. The molecule has 18 heavy (non-hydrogen) atoms. The summed E-state index contributed by atoms with van der Waals surface area (Å²) >= 11 is 3.24. The van der Waals surface area contributed by atoms with E-state index < -0.39 is 0 Å². The van der Waals surface area contributed by atoms with Crippen LogP contribution in [-0.4, -0.2) is 30.6 Å². The van der Waals surface area contributed by atoms with Gasteiger partial charge in [0.2, 0.25) is 0 Å². The molecular weight excluding hydrogens is 295 g/mol. The van der Waals surface area contributed by atoms with Gasteiger partial charge in [0.15, 0.2) is 0 Å². The quantitative estimate of drug-likeness (QED) is 0.893. The highest BCUT2D eigenvalue weighted by Gasteiger charge is 2.23. The Hall–Kier alpha value is -0.610. The molecule has 0 spiro atoms. The van der Waals surface area contributed by atoms with Crippen LogP contribution in [0.5, 0.6) is 0 Å². The Balaban J connectivity index is 2.08. The molecule has 0 radical (unpaired) electrons. The van der Waals surface area contributed by atoms with E-state index in [-0.39, 0.29) is 5.82 Å².